The number of thiophene rings is 1. The molecule has 0 radical (unpaired) electrons. The van der Waals surface area contributed by atoms with Gasteiger partial charge in [-0.2, -0.15) is 0 Å². The number of carbonyl (C=O) groups excluding carboxylic acids is 1. The van der Waals surface area contributed by atoms with E-state index < -0.39 is 0 Å². The van der Waals surface area contributed by atoms with E-state index >= 15 is 0 Å². The molecule has 0 atom stereocenters. The highest BCUT2D eigenvalue weighted by Crippen LogP contribution is 2.33. The van der Waals surface area contributed by atoms with E-state index in [0.29, 0.717) is 16.5 Å². The lowest BCUT2D eigenvalue weighted by molar-refractivity contribution is -0.116. The van der Waals surface area contributed by atoms with Crippen LogP contribution in [0.15, 0.2) is 23.3 Å². The summed E-state index contributed by atoms with van der Waals surface area (Å²) in [6.07, 6.45) is 5.95. The van der Waals surface area contributed by atoms with Crippen LogP contribution in [0.5, 0.6) is 5.75 Å². The number of anilines is 1. The van der Waals surface area contributed by atoms with Crippen molar-refractivity contribution in [2.24, 2.45) is 0 Å². The molecule has 0 fully saturated rings. The minimum absolute atomic E-state index is 0.0536. The van der Waals surface area contributed by atoms with Crippen molar-refractivity contribution < 1.29 is 9.53 Å². The molecule has 152 valence electrons. The number of aromatic nitrogens is 2. The summed E-state index contributed by atoms with van der Waals surface area (Å²) in [5.41, 5.74) is 2.51. The number of hydrogen-bond donors (Lipinski definition) is 1. The number of nitrogens with zero attached hydrogens (tertiary/aromatic N) is 2. The highest BCUT2D eigenvalue weighted by atomic mass is 35.5. The summed E-state index contributed by atoms with van der Waals surface area (Å²) >= 11 is 7.74. The third-order valence-corrected chi connectivity index (χ3v) is 6.88. The molecule has 0 saturated heterocycles. The molecule has 0 saturated carbocycles. The van der Waals surface area contributed by atoms with E-state index in [-0.39, 0.29) is 24.4 Å². The first-order chi connectivity index (χ1) is 14.0. The third-order valence-electron chi connectivity index (χ3n) is 5.28. The molecule has 4 rings (SSSR count). The monoisotopic (exact) mass is 431 g/mol. The summed E-state index contributed by atoms with van der Waals surface area (Å²) in [6, 6.07) is 3.45. The molecular formula is C21H22ClN3O3S. The Morgan fingerprint density at radius 2 is 2.14 bits per heavy atom. The Morgan fingerprint density at radius 3 is 2.93 bits per heavy atom. The molecule has 2 heterocycles. The molecule has 8 heteroatoms. The molecular weight excluding hydrogens is 410 g/mol. The second-order valence-corrected chi connectivity index (χ2v) is 8.72. The summed E-state index contributed by atoms with van der Waals surface area (Å²) in [5, 5.41) is 4.16. The van der Waals surface area contributed by atoms with Crippen LogP contribution in [0.2, 0.25) is 5.02 Å². The van der Waals surface area contributed by atoms with E-state index in [2.05, 4.69) is 10.3 Å². The van der Waals surface area contributed by atoms with E-state index in [0.717, 1.165) is 40.6 Å². The number of ether oxygens (including phenoxy) is 1. The number of carbonyl (C=O) groups is 1. The molecule has 0 unspecified atom stereocenters. The van der Waals surface area contributed by atoms with Gasteiger partial charge in [0.2, 0.25) is 5.91 Å². The minimum Gasteiger partial charge on any atom is -0.495 e. The molecule has 6 nitrogen and oxygen atoms in total. The zero-order valence-corrected chi connectivity index (χ0v) is 18.0. The molecule has 0 bridgehead atoms. The van der Waals surface area contributed by atoms with Crippen molar-refractivity contribution in [2.45, 2.75) is 45.6 Å². The Morgan fingerprint density at radius 1 is 1.34 bits per heavy atom. The highest BCUT2D eigenvalue weighted by molar-refractivity contribution is 7.18. The SMILES string of the molecule is COc1cc(Cl)c(C)cc1NC(=O)CCn1cnc2sc3c(c2c1=O)CCCC3. The lowest BCUT2D eigenvalue weighted by Gasteiger charge is -2.13. The van der Waals surface area contributed by atoms with Crippen LogP contribution in [0.1, 0.15) is 35.3 Å². The predicted octanol–water partition coefficient (Wildman–Crippen LogP) is 4.34. The van der Waals surface area contributed by atoms with E-state index in [9.17, 15) is 9.59 Å². The fourth-order valence-corrected chi connectivity index (χ4v) is 5.08. The lowest BCUT2D eigenvalue weighted by Crippen LogP contribution is -2.24. The van der Waals surface area contributed by atoms with E-state index in [1.54, 1.807) is 29.8 Å². The van der Waals surface area contributed by atoms with Crippen LogP contribution in [0.3, 0.4) is 0 Å². The second-order valence-electron chi connectivity index (χ2n) is 7.23. The zero-order valence-electron chi connectivity index (χ0n) is 16.4. The molecule has 0 aliphatic heterocycles. The Kier molecular flexibility index (Phi) is 5.61. The predicted molar refractivity (Wildman–Crippen MR) is 117 cm³/mol. The summed E-state index contributed by atoms with van der Waals surface area (Å²) in [4.78, 5) is 32.0. The molecule has 1 amide bonds. The first-order valence-electron chi connectivity index (χ1n) is 9.61. The van der Waals surface area contributed by atoms with Crippen LogP contribution < -0.4 is 15.6 Å². The first-order valence-corrected chi connectivity index (χ1v) is 10.8. The second kappa shape index (κ2) is 8.16. The number of halogens is 1. The van der Waals surface area contributed by atoms with Crippen molar-refractivity contribution >= 4 is 44.7 Å². The van der Waals surface area contributed by atoms with Gasteiger partial charge in [0.25, 0.3) is 5.56 Å². The number of aryl methyl sites for hydroxylation is 4. The van der Waals surface area contributed by atoms with Gasteiger partial charge in [0.1, 0.15) is 10.6 Å². The van der Waals surface area contributed by atoms with Crippen molar-refractivity contribution in [3.8, 4) is 5.75 Å². The van der Waals surface area contributed by atoms with E-state index in [1.165, 1.54) is 23.0 Å². The standard InChI is InChI=1S/C21H22ClN3O3S/c1-12-9-15(16(28-2)10-14(12)22)24-18(26)7-8-25-11-23-20-19(21(25)27)13-5-3-4-6-17(13)29-20/h9-11H,3-8H2,1-2H3,(H,24,26). The Balaban J connectivity index is 1.51. The molecule has 1 aliphatic carbocycles. The van der Waals surface area contributed by atoms with E-state index in [1.807, 2.05) is 6.92 Å². The van der Waals surface area contributed by atoms with Crippen molar-refractivity contribution in [1.82, 2.24) is 9.55 Å². The average Bonchev–Trinajstić information content (AvgIpc) is 3.09. The van der Waals surface area contributed by atoms with Gasteiger partial charge in [-0.3, -0.25) is 14.2 Å². The fraction of sp³-hybridized carbons (Fsp3) is 0.381. The van der Waals surface area contributed by atoms with Gasteiger partial charge >= 0.3 is 0 Å². The highest BCUT2D eigenvalue weighted by Gasteiger charge is 2.20. The maximum absolute atomic E-state index is 13.0. The molecule has 2 aromatic heterocycles. The number of amides is 1. The minimum atomic E-state index is -0.204. The van der Waals surface area contributed by atoms with Crippen LogP contribution in [0.4, 0.5) is 5.69 Å². The van der Waals surface area contributed by atoms with Gasteiger partial charge in [0, 0.05) is 28.9 Å². The summed E-state index contributed by atoms with van der Waals surface area (Å²) in [6.45, 7) is 2.13. The number of fused-ring (bicyclic) bond motifs is 3. The van der Waals surface area contributed by atoms with Gasteiger partial charge in [-0.05, 0) is 49.8 Å². The van der Waals surface area contributed by atoms with E-state index in [4.69, 9.17) is 16.3 Å². The van der Waals surface area contributed by atoms with Crippen molar-refractivity contribution in [1.29, 1.82) is 0 Å². The van der Waals surface area contributed by atoms with Crippen molar-refractivity contribution in [2.75, 3.05) is 12.4 Å². The lowest BCUT2D eigenvalue weighted by atomic mass is 9.97. The van der Waals surface area contributed by atoms with Gasteiger partial charge in [-0.1, -0.05) is 11.6 Å². The molecule has 1 N–H and O–H groups in total. The normalized spacial score (nSPS) is 13.3. The van der Waals surface area contributed by atoms with Gasteiger partial charge < -0.3 is 10.1 Å². The number of methoxy groups -OCH3 is 1. The van der Waals surface area contributed by atoms with Crippen molar-refractivity contribution in [3.63, 3.8) is 0 Å². The summed E-state index contributed by atoms with van der Waals surface area (Å²) in [7, 11) is 1.53. The van der Waals surface area contributed by atoms with Crippen LogP contribution >= 0.6 is 22.9 Å². The topological polar surface area (TPSA) is 73.2 Å². The van der Waals surface area contributed by atoms with Crippen LogP contribution in [0, 0.1) is 6.92 Å². The molecule has 1 aromatic carbocycles. The van der Waals surface area contributed by atoms with Crippen molar-refractivity contribution in [3.05, 3.63) is 49.8 Å². The zero-order chi connectivity index (χ0) is 20.5. The fourth-order valence-electron chi connectivity index (χ4n) is 3.70. The quantitative estimate of drug-likeness (QED) is 0.652. The van der Waals surface area contributed by atoms with Crippen LogP contribution in [-0.2, 0) is 24.2 Å². The Bertz CT molecular complexity index is 1150. The third kappa shape index (κ3) is 3.89. The summed E-state index contributed by atoms with van der Waals surface area (Å²) < 4.78 is 6.83. The number of rotatable bonds is 5. The van der Waals surface area contributed by atoms with Gasteiger partial charge in [-0.25, -0.2) is 4.98 Å². The largest absolute Gasteiger partial charge is 0.495 e. The first kappa shape index (κ1) is 19.9. The maximum Gasteiger partial charge on any atom is 0.262 e. The smallest absolute Gasteiger partial charge is 0.262 e. The molecule has 0 spiro atoms. The average molecular weight is 432 g/mol. The van der Waals surface area contributed by atoms with Gasteiger partial charge in [0.05, 0.1) is 24.5 Å². The Hall–Kier alpha value is -2.38. The maximum atomic E-state index is 13.0. The van der Waals surface area contributed by atoms with Crippen LogP contribution in [0.25, 0.3) is 10.2 Å². The number of nitrogens with one attached hydrogen (secondary N) is 1. The van der Waals surface area contributed by atoms with Gasteiger partial charge in [-0.15, -0.1) is 11.3 Å². The molecule has 3 aromatic rings. The molecule has 1 aliphatic rings. The number of benzene rings is 1. The molecule has 29 heavy (non-hydrogen) atoms. The number of hydrogen-bond acceptors (Lipinski definition) is 5. The Labute approximate surface area is 177 Å². The van der Waals surface area contributed by atoms with Gasteiger partial charge in [0.15, 0.2) is 0 Å². The summed E-state index contributed by atoms with van der Waals surface area (Å²) in [5.74, 6) is 0.295. The van der Waals surface area contributed by atoms with Crippen LogP contribution in [-0.4, -0.2) is 22.6 Å².